The van der Waals surface area contributed by atoms with Crippen LogP contribution in [0.4, 0.5) is 0 Å². The lowest BCUT2D eigenvalue weighted by Gasteiger charge is -2.02. The van der Waals surface area contributed by atoms with Crippen LogP contribution < -0.4 is 5.73 Å². The van der Waals surface area contributed by atoms with Gasteiger partial charge in [-0.25, -0.2) is 0 Å². The van der Waals surface area contributed by atoms with E-state index in [-0.39, 0.29) is 18.1 Å². The predicted octanol–water partition coefficient (Wildman–Crippen LogP) is -0.0946. The van der Waals surface area contributed by atoms with E-state index in [2.05, 4.69) is 6.58 Å². The fourth-order valence-corrected chi connectivity index (χ4v) is 0.512. The maximum atomic E-state index is 10.7. The molecule has 0 heterocycles. The number of hydrogen-bond donors (Lipinski definition) is 1. The molecule has 0 aromatic heterocycles. The molecule has 0 rings (SSSR count). The fourth-order valence-electron chi connectivity index (χ4n) is 0.512. The third-order valence-electron chi connectivity index (χ3n) is 1.31. The van der Waals surface area contributed by atoms with Gasteiger partial charge in [0.1, 0.15) is 0 Å². The van der Waals surface area contributed by atoms with Crippen molar-refractivity contribution in [2.24, 2.45) is 11.7 Å². The molecule has 56 valence electrons. The van der Waals surface area contributed by atoms with E-state index in [9.17, 15) is 9.59 Å². The third kappa shape index (κ3) is 2.11. The number of nitrogens with two attached hydrogens (primary N) is 1. The van der Waals surface area contributed by atoms with Gasteiger partial charge < -0.3 is 5.73 Å². The van der Waals surface area contributed by atoms with E-state index in [1.165, 1.54) is 6.92 Å². The molecule has 3 nitrogen and oxygen atoms in total. The summed E-state index contributed by atoms with van der Waals surface area (Å²) in [7, 11) is 0. The van der Waals surface area contributed by atoms with Crippen LogP contribution in [0.25, 0.3) is 0 Å². The summed E-state index contributed by atoms with van der Waals surface area (Å²) in [5, 5.41) is 0. The van der Waals surface area contributed by atoms with Crippen LogP contribution in [-0.4, -0.2) is 18.1 Å². The smallest absolute Gasteiger partial charge is 0.165 e. The van der Waals surface area contributed by atoms with Crippen LogP contribution in [-0.2, 0) is 9.59 Å². The van der Waals surface area contributed by atoms with Crippen LogP contribution in [0.3, 0.4) is 0 Å². The van der Waals surface area contributed by atoms with E-state index >= 15 is 0 Å². The Morgan fingerprint density at radius 1 is 1.70 bits per heavy atom. The maximum Gasteiger partial charge on any atom is 0.165 e. The molecule has 0 fully saturated rings. The third-order valence-corrected chi connectivity index (χ3v) is 1.31. The molecule has 0 aliphatic rings. The number of rotatable bonds is 4. The summed E-state index contributed by atoms with van der Waals surface area (Å²) in [5.41, 5.74) is 5.03. The van der Waals surface area contributed by atoms with Gasteiger partial charge in [-0.3, -0.25) is 9.59 Å². The van der Waals surface area contributed by atoms with Gasteiger partial charge in [0.2, 0.25) is 0 Å². The number of Topliss-reactive ketones (excluding diaryl/α,β-unsaturated/α-hetero) is 1. The van der Waals surface area contributed by atoms with Crippen molar-refractivity contribution in [3.8, 4) is 0 Å². The quantitative estimate of drug-likeness (QED) is 0.439. The van der Waals surface area contributed by atoms with Crippen molar-refractivity contribution < 1.29 is 9.59 Å². The zero-order valence-electron chi connectivity index (χ0n) is 5.96. The number of hydrogen-bond acceptors (Lipinski definition) is 3. The summed E-state index contributed by atoms with van der Waals surface area (Å²) in [5.74, 6) is -1.14. The van der Waals surface area contributed by atoms with Crippen molar-refractivity contribution in [3.05, 3.63) is 12.7 Å². The lowest BCUT2D eigenvalue weighted by molar-refractivity contribution is -0.128. The molecule has 0 unspecified atom stereocenters. The molecule has 0 amide bonds. The van der Waals surface area contributed by atoms with Gasteiger partial charge in [0.15, 0.2) is 11.6 Å². The second-order valence-corrected chi connectivity index (χ2v) is 2.00. The van der Waals surface area contributed by atoms with Gasteiger partial charge in [0.25, 0.3) is 0 Å². The zero-order chi connectivity index (χ0) is 8.15. The monoisotopic (exact) mass is 141 g/mol. The summed E-state index contributed by atoms with van der Waals surface area (Å²) in [4.78, 5) is 21.4. The van der Waals surface area contributed by atoms with Gasteiger partial charge >= 0.3 is 0 Å². The Morgan fingerprint density at radius 2 is 2.20 bits per heavy atom. The summed E-state index contributed by atoms with van der Waals surface area (Å²) in [6.45, 7) is 4.70. The van der Waals surface area contributed by atoms with Crippen molar-refractivity contribution in [1.82, 2.24) is 0 Å². The van der Waals surface area contributed by atoms with Crippen LogP contribution in [0.15, 0.2) is 12.7 Å². The Morgan fingerprint density at radius 3 is 2.50 bits per heavy atom. The zero-order valence-corrected chi connectivity index (χ0v) is 5.96. The second-order valence-electron chi connectivity index (χ2n) is 2.00. The molecular weight excluding hydrogens is 130 g/mol. The summed E-state index contributed by atoms with van der Waals surface area (Å²) >= 11 is 0. The average molecular weight is 141 g/mol. The fraction of sp³-hybridized carbons (Fsp3) is 0.429. The lowest BCUT2D eigenvalue weighted by atomic mass is 10.0. The second kappa shape index (κ2) is 3.95. The Kier molecular flexibility index (Phi) is 3.57. The van der Waals surface area contributed by atoms with Gasteiger partial charge in [-0.05, 0) is 13.0 Å². The van der Waals surface area contributed by atoms with Crippen LogP contribution in [0.1, 0.15) is 6.92 Å². The number of ketones is 2. The first-order valence-corrected chi connectivity index (χ1v) is 3.02. The average Bonchev–Trinajstić information content (AvgIpc) is 2.00. The summed E-state index contributed by atoms with van der Waals surface area (Å²) in [6, 6.07) is 0. The van der Waals surface area contributed by atoms with Gasteiger partial charge in [-0.2, -0.15) is 0 Å². The van der Waals surface area contributed by atoms with Gasteiger partial charge in [-0.1, -0.05) is 6.58 Å². The molecule has 2 N–H and O–H groups in total. The van der Waals surface area contributed by atoms with Gasteiger partial charge in [0.05, 0.1) is 12.5 Å². The maximum absolute atomic E-state index is 10.7. The van der Waals surface area contributed by atoms with E-state index < -0.39 is 5.92 Å². The molecular formula is C7H11NO2. The number of allylic oxidation sites excluding steroid dienone is 1. The standard InChI is InChI=1S/C7H11NO2/c1-3-6(9)5(2)7(10)4-8/h3,5H,1,4,8H2,2H3/t5-/m1/s1. The summed E-state index contributed by atoms with van der Waals surface area (Å²) in [6.07, 6.45) is 1.14. The minimum absolute atomic E-state index is 0.0826. The van der Waals surface area contributed by atoms with Crippen LogP contribution in [0.2, 0.25) is 0 Å². The number of carbonyl (C=O) groups excluding carboxylic acids is 2. The van der Waals surface area contributed by atoms with E-state index in [1.807, 2.05) is 0 Å². The molecule has 0 aliphatic heterocycles. The molecule has 0 saturated heterocycles. The Labute approximate surface area is 59.9 Å². The highest BCUT2D eigenvalue weighted by Gasteiger charge is 2.16. The molecule has 3 heteroatoms. The largest absolute Gasteiger partial charge is 0.324 e. The first-order valence-electron chi connectivity index (χ1n) is 3.02. The molecule has 10 heavy (non-hydrogen) atoms. The van der Waals surface area contributed by atoms with Crippen molar-refractivity contribution in [2.75, 3.05) is 6.54 Å². The highest BCUT2D eigenvalue weighted by Crippen LogP contribution is 1.97. The SMILES string of the molecule is C=CC(=O)[C@@H](C)C(=O)CN. The topological polar surface area (TPSA) is 60.2 Å². The van der Waals surface area contributed by atoms with E-state index in [1.54, 1.807) is 0 Å². The minimum Gasteiger partial charge on any atom is -0.324 e. The molecule has 0 bridgehead atoms. The molecule has 0 radical (unpaired) electrons. The van der Waals surface area contributed by atoms with Crippen molar-refractivity contribution in [1.29, 1.82) is 0 Å². The highest BCUT2D eigenvalue weighted by atomic mass is 16.1. The molecule has 0 aliphatic carbocycles. The minimum atomic E-state index is -0.623. The lowest BCUT2D eigenvalue weighted by Crippen LogP contribution is -2.26. The Hall–Kier alpha value is -0.960. The summed E-state index contributed by atoms with van der Waals surface area (Å²) < 4.78 is 0. The van der Waals surface area contributed by atoms with Crippen LogP contribution >= 0.6 is 0 Å². The van der Waals surface area contributed by atoms with Crippen molar-refractivity contribution in [2.45, 2.75) is 6.92 Å². The van der Waals surface area contributed by atoms with E-state index in [0.717, 1.165) is 6.08 Å². The Balaban J connectivity index is 4.06. The predicted molar refractivity (Wildman–Crippen MR) is 38.4 cm³/mol. The van der Waals surface area contributed by atoms with Gasteiger partial charge in [0, 0.05) is 0 Å². The molecule has 1 atom stereocenters. The van der Waals surface area contributed by atoms with Crippen molar-refractivity contribution >= 4 is 11.6 Å². The van der Waals surface area contributed by atoms with Crippen molar-refractivity contribution in [3.63, 3.8) is 0 Å². The molecule has 0 aromatic carbocycles. The molecule has 0 saturated carbocycles. The van der Waals surface area contributed by atoms with E-state index in [0.29, 0.717) is 0 Å². The van der Waals surface area contributed by atoms with E-state index in [4.69, 9.17) is 5.73 Å². The Bertz CT molecular complexity index is 163. The molecule has 0 aromatic rings. The highest BCUT2D eigenvalue weighted by molar-refractivity contribution is 6.07. The normalized spacial score (nSPS) is 12.2. The van der Waals surface area contributed by atoms with Crippen LogP contribution in [0.5, 0.6) is 0 Å². The first-order chi connectivity index (χ1) is 4.63. The van der Waals surface area contributed by atoms with Crippen LogP contribution in [0, 0.1) is 5.92 Å². The number of carbonyl (C=O) groups is 2. The van der Waals surface area contributed by atoms with Gasteiger partial charge in [-0.15, -0.1) is 0 Å². The molecule has 0 spiro atoms. The first kappa shape index (κ1) is 9.04.